The zero-order valence-corrected chi connectivity index (χ0v) is 44.1. The second-order valence-electron chi connectivity index (χ2n) is 19.1. The summed E-state index contributed by atoms with van der Waals surface area (Å²) >= 11 is -7.12. The van der Waals surface area contributed by atoms with Crippen LogP contribution >= 0.6 is 0 Å². The van der Waals surface area contributed by atoms with Gasteiger partial charge in [-0.15, -0.1) is 0 Å². The Bertz CT molecular complexity index is 3170. The first-order valence-corrected chi connectivity index (χ1v) is 32.7. The maximum atomic E-state index is 14.6. The average Bonchev–Trinajstić information content (AvgIpc) is 3.41. The Kier molecular flexibility index (Phi) is 11.0. The van der Waals surface area contributed by atoms with E-state index in [2.05, 4.69) is 256 Å². The second kappa shape index (κ2) is 17.5. The van der Waals surface area contributed by atoms with Crippen molar-refractivity contribution in [2.75, 3.05) is 9.80 Å². The van der Waals surface area contributed by atoms with Gasteiger partial charge in [-0.2, -0.15) is 0 Å². The summed E-state index contributed by atoms with van der Waals surface area (Å²) in [4.78, 5) is 19.4. The molecule has 0 fully saturated rings. The minimum absolute atomic E-state index is 0.00108. The van der Waals surface area contributed by atoms with Gasteiger partial charge in [0.15, 0.2) is 0 Å². The third-order valence-electron chi connectivity index (χ3n) is 14.8. The van der Waals surface area contributed by atoms with E-state index in [1.54, 1.807) is 0 Å². The van der Waals surface area contributed by atoms with Gasteiger partial charge in [-0.25, -0.2) is 0 Å². The Hall–Kier alpha value is -7.44. The van der Waals surface area contributed by atoms with Crippen molar-refractivity contribution in [3.63, 3.8) is 0 Å². The number of benzene rings is 10. The molecular formula is C65H52Ge2N2O. The van der Waals surface area contributed by atoms with E-state index in [1.807, 2.05) is 24.3 Å². The molecule has 0 radical (unpaired) electrons. The second-order valence-corrected chi connectivity index (χ2v) is 34.8. The van der Waals surface area contributed by atoms with Gasteiger partial charge in [0.05, 0.1) is 0 Å². The number of fused-ring (bicyclic) bond motifs is 4. The summed E-state index contributed by atoms with van der Waals surface area (Å²) in [5.74, 6) is -0.00108. The summed E-state index contributed by atoms with van der Waals surface area (Å²) in [7, 11) is 0. The van der Waals surface area contributed by atoms with E-state index in [0.717, 1.165) is 11.4 Å². The summed E-state index contributed by atoms with van der Waals surface area (Å²) in [6.07, 6.45) is 0. The number of anilines is 6. The predicted octanol–water partition coefficient (Wildman–Crippen LogP) is 10.5. The average molecular weight is 1020 g/mol. The number of carbonyl (C=O) groups is 1. The number of carbonyl (C=O) groups excluding carboxylic acids is 1. The molecule has 0 saturated heterocycles. The molecule has 0 N–H and O–H groups in total. The summed E-state index contributed by atoms with van der Waals surface area (Å²) in [5.41, 5.74) is 13.2. The van der Waals surface area contributed by atoms with Crippen LogP contribution in [0.25, 0.3) is 0 Å². The van der Waals surface area contributed by atoms with E-state index in [1.165, 1.54) is 80.2 Å². The standard InChI is InChI=1S/C65H52Ge2N2O/c1-45-25-37-61-57(41-45)66(51-17-9-5-10-18-51,52-19-11-6-12-20-52)58-42-46(2)26-38-62(58)68(61)55-33-29-49(30-34-55)65(70)50-31-35-56(36-32-50)69-63-39-27-47(3)43-59(63)67(53-21-13-7-14-22-53,54-23-15-8-16-24-54)60-44-48(4)28-40-64(60)69/h5-44H,1-4H3. The molecule has 0 aromatic heterocycles. The summed E-state index contributed by atoms with van der Waals surface area (Å²) < 4.78 is 11.3. The van der Waals surface area contributed by atoms with Gasteiger partial charge in [0.1, 0.15) is 0 Å². The van der Waals surface area contributed by atoms with Crippen LogP contribution in [0.3, 0.4) is 0 Å². The van der Waals surface area contributed by atoms with Crippen molar-refractivity contribution in [3.8, 4) is 0 Å². The Balaban J connectivity index is 0.927. The number of aryl methyl sites for hydroxylation is 4. The van der Waals surface area contributed by atoms with E-state index >= 15 is 0 Å². The fourth-order valence-electron chi connectivity index (χ4n) is 11.7. The van der Waals surface area contributed by atoms with Crippen LogP contribution < -0.4 is 45.0 Å². The van der Waals surface area contributed by atoms with Crippen LogP contribution in [0.1, 0.15) is 38.2 Å². The number of nitrogens with zero attached hydrogens (tertiary/aromatic N) is 2. The van der Waals surface area contributed by atoms with Gasteiger partial charge >= 0.3 is 420 Å². The first kappa shape index (κ1) is 43.8. The molecule has 0 atom stereocenters. The zero-order chi connectivity index (χ0) is 47.6. The fourth-order valence-corrected chi connectivity index (χ4v) is 33.9. The topological polar surface area (TPSA) is 23.6 Å². The molecule has 0 bridgehead atoms. The molecule has 2 heterocycles. The monoisotopic (exact) mass is 1020 g/mol. The first-order chi connectivity index (χ1) is 34.3. The van der Waals surface area contributed by atoms with Crippen LogP contribution in [0.4, 0.5) is 34.1 Å². The molecule has 0 unspecified atom stereocenters. The molecule has 2 aliphatic rings. The Morgan fingerprint density at radius 1 is 0.300 bits per heavy atom. The van der Waals surface area contributed by atoms with E-state index in [-0.39, 0.29) is 5.78 Å². The zero-order valence-electron chi connectivity index (χ0n) is 39.9. The number of hydrogen-bond acceptors (Lipinski definition) is 3. The van der Waals surface area contributed by atoms with Crippen LogP contribution in [0, 0.1) is 27.7 Å². The van der Waals surface area contributed by atoms with Crippen LogP contribution in [-0.2, 0) is 0 Å². The summed E-state index contributed by atoms with van der Waals surface area (Å²) in [5, 5.41) is 0. The van der Waals surface area contributed by atoms with Gasteiger partial charge in [-0.3, -0.25) is 0 Å². The van der Waals surface area contributed by atoms with E-state index in [0.29, 0.717) is 11.1 Å². The van der Waals surface area contributed by atoms with Crippen molar-refractivity contribution in [2.45, 2.75) is 27.7 Å². The molecule has 5 heteroatoms. The van der Waals surface area contributed by atoms with Crippen LogP contribution in [0.5, 0.6) is 0 Å². The van der Waals surface area contributed by atoms with Crippen molar-refractivity contribution in [1.82, 2.24) is 0 Å². The minimum atomic E-state index is -3.56. The SMILES string of the molecule is Cc1ccc2[c](c1)[Ge]([c]1ccccc1)([c]1ccccc1)[c]1cc(C)ccc1N2c1ccc(C(=O)c2ccc(N3c4ccc(C)c[c]4[Ge]([c]4ccccc4)([c]4ccccc4)[c]4cc(C)ccc43)cc2)cc1. The van der Waals surface area contributed by atoms with Crippen molar-refractivity contribution in [2.24, 2.45) is 0 Å². The molecular weight excluding hydrogens is 970 g/mol. The molecule has 2 aliphatic heterocycles. The van der Waals surface area contributed by atoms with Crippen LogP contribution in [0.2, 0.25) is 0 Å². The molecule has 0 amide bonds. The van der Waals surface area contributed by atoms with Gasteiger partial charge in [-0.1, -0.05) is 0 Å². The molecule has 0 spiro atoms. The van der Waals surface area contributed by atoms with Gasteiger partial charge in [-0.05, 0) is 0 Å². The van der Waals surface area contributed by atoms with Crippen molar-refractivity contribution in [1.29, 1.82) is 0 Å². The van der Waals surface area contributed by atoms with Gasteiger partial charge in [0, 0.05) is 0 Å². The maximum absolute atomic E-state index is 14.6. The van der Waals surface area contributed by atoms with E-state index in [4.69, 9.17) is 0 Å². The molecule has 0 aliphatic carbocycles. The van der Waals surface area contributed by atoms with Crippen molar-refractivity contribution < 1.29 is 4.79 Å². The van der Waals surface area contributed by atoms with Gasteiger partial charge in [0.2, 0.25) is 0 Å². The normalized spacial score (nSPS) is 13.9. The fraction of sp³-hybridized carbons (Fsp3) is 0.0615. The molecule has 336 valence electrons. The van der Waals surface area contributed by atoms with E-state index in [9.17, 15) is 4.79 Å². The van der Waals surface area contributed by atoms with Crippen molar-refractivity contribution >= 4 is 102 Å². The third kappa shape index (κ3) is 6.89. The Morgan fingerprint density at radius 3 is 0.786 bits per heavy atom. The van der Waals surface area contributed by atoms with Crippen LogP contribution in [-0.4, -0.2) is 32.3 Å². The molecule has 70 heavy (non-hydrogen) atoms. The molecule has 10 aromatic rings. The van der Waals surface area contributed by atoms with Gasteiger partial charge in [0.25, 0.3) is 0 Å². The molecule has 0 saturated carbocycles. The first-order valence-electron chi connectivity index (χ1n) is 24.3. The van der Waals surface area contributed by atoms with Gasteiger partial charge < -0.3 is 0 Å². The van der Waals surface area contributed by atoms with E-state index < -0.39 is 26.5 Å². The number of hydrogen-bond donors (Lipinski definition) is 0. The Morgan fingerprint density at radius 2 is 0.543 bits per heavy atom. The molecule has 12 rings (SSSR count). The number of ketones is 1. The number of rotatable bonds is 8. The summed E-state index contributed by atoms with van der Waals surface area (Å²) in [6, 6.07) is 89.4. The molecule has 10 aromatic carbocycles. The summed E-state index contributed by atoms with van der Waals surface area (Å²) in [6.45, 7) is 8.84. The quantitative estimate of drug-likeness (QED) is 0.112. The molecule has 3 nitrogen and oxygen atoms in total. The predicted molar refractivity (Wildman–Crippen MR) is 299 cm³/mol. The van der Waals surface area contributed by atoms with Crippen molar-refractivity contribution in [3.05, 3.63) is 276 Å². The Labute approximate surface area is 417 Å². The van der Waals surface area contributed by atoms with Crippen LogP contribution in [0.15, 0.2) is 243 Å². The third-order valence-corrected chi connectivity index (χ3v) is 35.0.